The lowest BCUT2D eigenvalue weighted by Gasteiger charge is -2.21. The molecule has 1 atom stereocenters. The van der Waals surface area contributed by atoms with Crippen molar-refractivity contribution in [3.05, 3.63) is 88.7 Å². The number of alkyl halides is 3. The number of urea groups is 1. The molecule has 0 aliphatic heterocycles. The van der Waals surface area contributed by atoms with Gasteiger partial charge in [0, 0.05) is 22.4 Å². The fourth-order valence-corrected chi connectivity index (χ4v) is 4.78. The number of nitrogens with one attached hydrogen (secondary N) is 3. The summed E-state index contributed by atoms with van der Waals surface area (Å²) in [7, 11) is -3.75. The van der Waals surface area contributed by atoms with E-state index in [9.17, 15) is 26.4 Å². The van der Waals surface area contributed by atoms with Gasteiger partial charge in [-0.2, -0.15) is 13.2 Å². The lowest BCUT2D eigenvalue weighted by Crippen LogP contribution is -2.40. The summed E-state index contributed by atoms with van der Waals surface area (Å²) in [6.45, 7) is 5.15. The van der Waals surface area contributed by atoms with Crippen molar-refractivity contribution in [2.24, 2.45) is 0 Å². The summed E-state index contributed by atoms with van der Waals surface area (Å²) in [5.41, 5.74) is -0.537. The quantitative estimate of drug-likeness (QED) is 0.371. The molecule has 0 aliphatic rings. The number of pyridine rings is 1. The molecule has 3 N–H and O–H groups in total. The van der Waals surface area contributed by atoms with Crippen LogP contribution in [0, 0.1) is 0 Å². The van der Waals surface area contributed by atoms with Gasteiger partial charge in [0.1, 0.15) is 5.69 Å². The van der Waals surface area contributed by atoms with Crippen molar-refractivity contribution in [2.45, 2.75) is 43.4 Å². The van der Waals surface area contributed by atoms with Gasteiger partial charge in [0.15, 0.2) is 0 Å². The van der Waals surface area contributed by atoms with Gasteiger partial charge in [0.05, 0.1) is 10.9 Å². The van der Waals surface area contributed by atoms with Crippen molar-refractivity contribution in [3.8, 4) is 0 Å². The van der Waals surface area contributed by atoms with Crippen LogP contribution < -0.4 is 15.4 Å². The predicted octanol–water partition coefficient (Wildman–Crippen LogP) is 5.74. The summed E-state index contributed by atoms with van der Waals surface area (Å²) in [4.78, 5) is 16.3. The summed E-state index contributed by atoms with van der Waals surface area (Å²) in [6.07, 6.45) is -3.55. The molecule has 1 aromatic heterocycles. The number of nitrogens with zero attached hydrogens (tertiary/aromatic N) is 1. The maximum absolute atomic E-state index is 12.9. The van der Waals surface area contributed by atoms with Crippen LogP contribution in [0.25, 0.3) is 0 Å². The van der Waals surface area contributed by atoms with Crippen LogP contribution in [-0.4, -0.2) is 25.0 Å². The molecule has 0 saturated carbocycles. The molecule has 0 spiro atoms. The molecule has 0 fully saturated rings. The van der Waals surface area contributed by atoms with Crippen LogP contribution in [0.5, 0.6) is 0 Å². The highest BCUT2D eigenvalue weighted by atomic mass is 35.5. The van der Waals surface area contributed by atoms with Crippen molar-refractivity contribution >= 4 is 33.3 Å². The average molecular weight is 541 g/mol. The van der Waals surface area contributed by atoms with Crippen LogP contribution >= 0.6 is 11.6 Å². The summed E-state index contributed by atoms with van der Waals surface area (Å²) < 4.78 is 66.2. The largest absolute Gasteiger partial charge is 0.433 e. The molecule has 0 bridgehead atoms. The van der Waals surface area contributed by atoms with Crippen molar-refractivity contribution in [1.82, 2.24) is 15.0 Å². The Bertz CT molecular complexity index is 1310. The Hall–Kier alpha value is -3.15. The normalized spacial score (nSPS) is 13.2. The molecule has 192 valence electrons. The summed E-state index contributed by atoms with van der Waals surface area (Å²) >= 11 is 5.94. The van der Waals surface area contributed by atoms with E-state index in [-0.39, 0.29) is 4.90 Å². The SMILES string of the molecule is CC(C)(C)NS(=O)(=O)c1ccc(NC(=O)NC(c2ccc(Cl)cc2)c2ccc(C(F)(F)F)nc2)cc1. The number of sulfonamides is 1. The fraction of sp³-hybridized carbons (Fsp3) is 0.250. The highest BCUT2D eigenvalue weighted by molar-refractivity contribution is 7.89. The van der Waals surface area contributed by atoms with Gasteiger partial charge in [-0.25, -0.2) is 17.9 Å². The van der Waals surface area contributed by atoms with Crippen LogP contribution in [0.15, 0.2) is 71.8 Å². The number of aromatic nitrogens is 1. The number of amides is 2. The molecular formula is C24H24ClF3N4O3S. The smallest absolute Gasteiger partial charge is 0.327 e. The van der Waals surface area contributed by atoms with Gasteiger partial charge < -0.3 is 10.6 Å². The molecule has 3 aromatic rings. The molecule has 0 saturated heterocycles. The van der Waals surface area contributed by atoms with E-state index < -0.39 is 39.5 Å². The monoisotopic (exact) mass is 540 g/mol. The Morgan fingerprint density at radius 3 is 2.00 bits per heavy atom. The molecule has 2 aromatic carbocycles. The number of hydrogen-bond donors (Lipinski definition) is 3. The topological polar surface area (TPSA) is 100 Å². The first-order valence-corrected chi connectivity index (χ1v) is 12.5. The molecule has 3 rings (SSSR count). The van der Waals surface area contributed by atoms with Crippen molar-refractivity contribution in [2.75, 3.05) is 5.32 Å². The van der Waals surface area contributed by atoms with Crippen LogP contribution in [0.1, 0.15) is 43.6 Å². The third-order valence-electron chi connectivity index (χ3n) is 4.75. The van der Waals surface area contributed by atoms with E-state index in [0.717, 1.165) is 12.3 Å². The van der Waals surface area contributed by atoms with E-state index >= 15 is 0 Å². The van der Waals surface area contributed by atoms with Crippen molar-refractivity contribution in [1.29, 1.82) is 0 Å². The van der Waals surface area contributed by atoms with Gasteiger partial charge in [-0.1, -0.05) is 29.8 Å². The molecule has 7 nitrogen and oxygen atoms in total. The summed E-state index contributed by atoms with van der Waals surface area (Å²) in [5, 5.41) is 5.75. The zero-order valence-electron chi connectivity index (χ0n) is 19.5. The zero-order chi connectivity index (χ0) is 26.7. The number of rotatable bonds is 6. The first-order chi connectivity index (χ1) is 16.6. The summed E-state index contributed by atoms with van der Waals surface area (Å²) in [6, 6.07) is 12.5. The van der Waals surface area contributed by atoms with Crippen molar-refractivity contribution < 1.29 is 26.4 Å². The van der Waals surface area contributed by atoms with Crippen LogP contribution in [0.3, 0.4) is 0 Å². The number of carbonyl (C=O) groups excluding carboxylic acids is 1. The molecule has 1 unspecified atom stereocenters. The minimum Gasteiger partial charge on any atom is -0.327 e. The first kappa shape index (κ1) is 27.4. The van der Waals surface area contributed by atoms with Gasteiger partial charge in [-0.15, -0.1) is 0 Å². The van der Waals surface area contributed by atoms with Gasteiger partial charge in [0.25, 0.3) is 0 Å². The second-order valence-corrected chi connectivity index (χ2v) is 11.1. The highest BCUT2D eigenvalue weighted by Gasteiger charge is 2.32. The van der Waals surface area contributed by atoms with Crippen molar-refractivity contribution in [3.63, 3.8) is 0 Å². The second kappa shape index (κ2) is 10.5. The minimum absolute atomic E-state index is 0.0262. The zero-order valence-corrected chi connectivity index (χ0v) is 21.1. The van der Waals surface area contributed by atoms with Crippen LogP contribution in [-0.2, 0) is 16.2 Å². The Kier molecular flexibility index (Phi) is 7.97. The number of benzene rings is 2. The second-order valence-electron chi connectivity index (χ2n) is 8.94. The molecule has 2 amide bonds. The highest BCUT2D eigenvalue weighted by Crippen LogP contribution is 2.29. The maximum atomic E-state index is 12.9. The molecular weight excluding hydrogens is 517 g/mol. The number of carbonyl (C=O) groups is 1. The molecule has 0 radical (unpaired) electrons. The lowest BCUT2D eigenvalue weighted by atomic mass is 10.00. The number of hydrogen-bond acceptors (Lipinski definition) is 4. The minimum atomic E-state index is -4.60. The molecule has 0 aliphatic carbocycles. The molecule has 36 heavy (non-hydrogen) atoms. The van der Waals surface area contributed by atoms with Gasteiger partial charge in [-0.3, -0.25) is 4.98 Å². The van der Waals surface area contributed by atoms with E-state index in [4.69, 9.17) is 11.6 Å². The number of halogens is 4. The van der Waals surface area contributed by atoms with Gasteiger partial charge in [-0.05, 0) is 74.4 Å². The van der Waals surface area contributed by atoms with Gasteiger partial charge >= 0.3 is 12.2 Å². The fourth-order valence-electron chi connectivity index (χ4n) is 3.24. The van der Waals surface area contributed by atoms with E-state index in [1.165, 1.54) is 30.3 Å². The van der Waals surface area contributed by atoms with E-state index in [2.05, 4.69) is 20.3 Å². The first-order valence-electron chi connectivity index (χ1n) is 10.6. The Morgan fingerprint density at radius 1 is 0.917 bits per heavy atom. The third kappa shape index (κ3) is 7.42. The third-order valence-corrected chi connectivity index (χ3v) is 6.78. The number of anilines is 1. The maximum Gasteiger partial charge on any atom is 0.433 e. The standard InChI is InChI=1S/C24H24ClF3N4O3S/c1-23(2,3)32-36(34,35)19-11-9-18(10-12-19)30-22(33)31-21(15-4-7-17(25)8-5-15)16-6-13-20(29-14-16)24(26,27)28/h4-14,21,32H,1-3H3,(H2,30,31,33). The van der Waals surface area contributed by atoms with Crippen LogP contribution in [0.4, 0.5) is 23.7 Å². The molecule has 1 heterocycles. The van der Waals surface area contributed by atoms with Crippen LogP contribution in [0.2, 0.25) is 5.02 Å². The Morgan fingerprint density at radius 2 is 1.50 bits per heavy atom. The van der Waals surface area contributed by atoms with Gasteiger partial charge in [0.2, 0.25) is 10.0 Å². The Labute approximate surface area is 212 Å². The lowest BCUT2D eigenvalue weighted by molar-refractivity contribution is -0.141. The van der Waals surface area contributed by atoms with E-state index in [1.54, 1.807) is 45.0 Å². The Balaban J connectivity index is 1.80. The van der Waals surface area contributed by atoms with E-state index in [1.807, 2.05) is 0 Å². The van der Waals surface area contributed by atoms with E-state index in [0.29, 0.717) is 21.8 Å². The summed E-state index contributed by atoms with van der Waals surface area (Å²) in [5.74, 6) is 0. The predicted molar refractivity (Wildman–Crippen MR) is 131 cm³/mol. The average Bonchev–Trinajstić information content (AvgIpc) is 2.76. The molecule has 12 heteroatoms.